The van der Waals surface area contributed by atoms with E-state index in [1.807, 2.05) is 60.8 Å². The molecule has 2 aromatic carbocycles. The van der Waals surface area contributed by atoms with Crippen LogP contribution < -0.4 is 5.32 Å². The molecule has 0 spiro atoms. The van der Waals surface area contributed by atoms with Gasteiger partial charge < -0.3 is 10.3 Å². The van der Waals surface area contributed by atoms with E-state index in [0.29, 0.717) is 34.7 Å². The van der Waals surface area contributed by atoms with Gasteiger partial charge in [-0.1, -0.05) is 36.4 Å². The largest absolute Gasteiger partial charge is 0.335 e. The van der Waals surface area contributed by atoms with E-state index in [4.69, 9.17) is 0 Å². The number of rotatable bonds is 7. The maximum atomic E-state index is 15.3. The minimum Gasteiger partial charge on any atom is -0.335 e. The van der Waals surface area contributed by atoms with Gasteiger partial charge in [0.1, 0.15) is 11.2 Å². The summed E-state index contributed by atoms with van der Waals surface area (Å²) in [5, 5.41) is 11.3. The molecule has 0 saturated carbocycles. The highest BCUT2D eigenvalue weighted by Gasteiger charge is 2.18. The summed E-state index contributed by atoms with van der Waals surface area (Å²) in [5.41, 5.74) is 7.52. The van der Waals surface area contributed by atoms with Crippen LogP contribution in [0.15, 0.2) is 97.6 Å². The second kappa shape index (κ2) is 10.1. The van der Waals surface area contributed by atoms with Crippen LogP contribution >= 0.6 is 0 Å². The molecule has 0 aliphatic rings. The fourth-order valence-electron chi connectivity index (χ4n) is 4.88. The van der Waals surface area contributed by atoms with Crippen LogP contribution in [0.1, 0.15) is 11.1 Å². The molecule has 0 unspecified atom stereocenters. The number of aromatic nitrogens is 7. The maximum absolute atomic E-state index is 15.3. The first-order valence-electron chi connectivity index (χ1n) is 12.9. The predicted molar refractivity (Wildman–Crippen MR) is 152 cm³/mol. The van der Waals surface area contributed by atoms with Crippen LogP contribution in [0, 0.1) is 5.82 Å². The number of pyridine rings is 3. The lowest BCUT2D eigenvalue weighted by Crippen LogP contribution is -2.12. The van der Waals surface area contributed by atoms with Crippen molar-refractivity contribution < 1.29 is 4.39 Å². The summed E-state index contributed by atoms with van der Waals surface area (Å²) in [5.74, 6) is 0.0907. The molecule has 9 heteroatoms. The van der Waals surface area contributed by atoms with Gasteiger partial charge in [-0.25, -0.2) is 14.4 Å². The van der Waals surface area contributed by atoms with Crippen molar-refractivity contribution in [1.29, 1.82) is 0 Å². The molecule has 0 saturated heterocycles. The number of nitrogens with one attached hydrogen (secondary N) is 3. The Morgan fingerprint density at radius 3 is 2.55 bits per heavy atom. The van der Waals surface area contributed by atoms with Gasteiger partial charge in [0, 0.05) is 54.4 Å². The standard InChI is InChI=1S/C31H23FN8/c32-25-14-21(22-12-20(17-34-18-22)16-33-15-19-6-2-1-3-7-19)13-24-27(25)39-40-29(24)31-37-28-23(9-11-36-30(28)38-31)26-8-4-5-10-35-26/h1-14,17-18,33H,15-16H2,(H,39,40)(H,36,37,38). The smallest absolute Gasteiger partial charge is 0.178 e. The van der Waals surface area contributed by atoms with Crippen molar-refractivity contribution in [2.75, 3.05) is 0 Å². The fourth-order valence-corrected chi connectivity index (χ4v) is 4.88. The van der Waals surface area contributed by atoms with Crippen LogP contribution in [0.3, 0.4) is 0 Å². The van der Waals surface area contributed by atoms with E-state index in [2.05, 4.69) is 52.6 Å². The zero-order valence-corrected chi connectivity index (χ0v) is 21.3. The first kappa shape index (κ1) is 23.8. The van der Waals surface area contributed by atoms with Gasteiger partial charge in [0.15, 0.2) is 17.3 Å². The number of H-pyrrole nitrogens is 2. The number of aromatic amines is 2. The first-order chi connectivity index (χ1) is 19.7. The minimum absolute atomic E-state index is 0.241. The zero-order valence-electron chi connectivity index (χ0n) is 21.3. The van der Waals surface area contributed by atoms with Gasteiger partial charge in [0.25, 0.3) is 0 Å². The summed E-state index contributed by atoms with van der Waals surface area (Å²) in [6.45, 7) is 1.39. The highest BCUT2D eigenvalue weighted by atomic mass is 19.1. The predicted octanol–water partition coefficient (Wildman–Crippen LogP) is 6.05. The summed E-state index contributed by atoms with van der Waals surface area (Å²) in [4.78, 5) is 21.3. The molecule has 8 nitrogen and oxygen atoms in total. The van der Waals surface area contributed by atoms with Gasteiger partial charge in [0.2, 0.25) is 0 Å². The summed E-state index contributed by atoms with van der Waals surface area (Å²) < 4.78 is 15.3. The third-order valence-electron chi connectivity index (χ3n) is 6.81. The number of benzene rings is 2. The van der Waals surface area contributed by atoms with E-state index < -0.39 is 5.82 Å². The third kappa shape index (κ3) is 4.48. The lowest BCUT2D eigenvalue weighted by Gasteiger charge is -2.08. The Labute approximate surface area is 228 Å². The van der Waals surface area contributed by atoms with Crippen molar-refractivity contribution in [3.05, 3.63) is 115 Å². The van der Waals surface area contributed by atoms with Crippen molar-refractivity contribution in [1.82, 2.24) is 40.4 Å². The van der Waals surface area contributed by atoms with E-state index in [1.165, 1.54) is 11.6 Å². The zero-order chi connectivity index (χ0) is 26.9. The number of nitrogens with zero attached hydrogens (tertiary/aromatic N) is 5. The molecule has 40 heavy (non-hydrogen) atoms. The van der Waals surface area contributed by atoms with Gasteiger partial charge >= 0.3 is 0 Å². The average Bonchev–Trinajstić information content (AvgIpc) is 3.63. The van der Waals surface area contributed by atoms with E-state index in [0.717, 1.165) is 34.4 Å². The number of halogens is 1. The van der Waals surface area contributed by atoms with Gasteiger partial charge in [0.05, 0.1) is 11.2 Å². The number of fused-ring (bicyclic) bond motifs is 2. The molecule has 0 atom stereocenters. The normalized spacial score (nSPS) is 11.4. The number of hydrogen-bond donors (Lipinski definition) is 3. The van der Waals surface area contributed by atoms with Gasteiger partial charge in [-0.2, -0.15) is 5.10 Å². The van der Waals surface area contributed by atoms with Gasteiger partial charge in [-0.05, 0) is 53.1 Å². The van der Waals surface area contributed by atoms with Crippen molar-refractivity contribution >= 4 is 22.1 Å². The summed E-state index contributed by atoms with van der Waals surface area (Å²) >= 11 is 0. The molecule has 0 fully saturated rings. The van der Waals surface area contributed by atoms with Crippen molar-refractivity contribution in [2.45, 2.75) is 13.1 Å². The average molecular weight is 527 g/mol. The Morgan fingerprint density at radius 1 is 0.800 bits per heavy atom. The quantitative estimate of drug-likeness (QED) is 0.233. The molecule has 0 aliphatic carbocycles. The first-order valence-corrected chi connectivity index (χ1v) is 12.9. The SMILES string of the molecule is Fc1cc(-c2cncc(CNCc3ccccc3)c2)cc2c(-c3nc4nccc(-c5ccccn5)c4[nH]3)[nH]nc12. The lowest BCUT2D eigenvalue weighted by atomic mass is 10.0. The van der Waals surface area contributed by atoms with Crippen molar-refractivity contribution in [2.24, 2.45) is 0 Å². The van der Waals surface area contributed by atoms with Crippen LogP contribution in [0.5, 0.6) is 0 Å². The molecule has 5 aromatic heterocycles. The van der Waals surface area contributed by atoms with Crippen LogP contribution in [-0.2, 0) is 13.1 Å². The summed E-state index contributed by atoms with van der Waals surface area (Å²) in [6.07, 6.45) is 7.01. The Hall–Kier alpha value is -5.28. The molecule has 0 amide bonds. The molecular formula is C31H23FN8. The number of imidazole rings is 1. The van der Waals surface area contributed by atoms with Crippen LogP contribution in [0.4, 0.5) is 4.39 Å². The van der Waals surface area contributed by atoms with E-state index in [-0.39, 0.29) is 5.52 Å². The highest BCUT2D eigenvalue weighted by Crippen LogP contribution is 2.33. The Balaban J connectivity index is 1.23. The second-order valence-electron chi connectivity index (χ2n) is 9.48. The Bertz CT molecular complexity index is 1950. The maximum Gasteiger partial charge on any atom is 0.178 e. The van der Waals surface area contributed by atoms with Crippen LogP contribution in [-0.4, -0.2) is 35.1 Å². The second-order valence-corrected chi connectivity index (χ2v) is 9.48. The number of hydrogen-bond acceptors (Lipinski definition) is 6. The molecular weight excluding hydrogens is 503 g/mol. The molecule has 7 aromatic rings. The van der Waals surface area contributed by atoms with Crippen molar-refractivity contribution in [3.63, 3.8) is 0 Å². The minimum atomic E-state index is -0.425. The van der Waals surface area contributed by atoms with Crippen LogP contribution in [0.25, 0.3) is 56.0 Å². The molecule has 0 bridgehead atoms. The monoisotopic (exact) mass is 526 g/mol. The molecule has 0 radical (unpaired) electrons. The highest BCUT2D eigenvalue weighted by molar-refractivity contribution is 5.97. The molecule has 5 heterocycles. The Kier molecular flexibility index (Phi) is 6.02. The lowest BCUT2D eigenvalue weighted by molar-refractivity contribution is 0.636. The third-order valence-corrected chi connectivity index (χ3v) is 6.81. The summed E-state index contributed by atoms with van der Waals surface area (Å²) in [7, 11) is 0. The van der Waals surface area contributed by atoms with Crippen LogP contribution in [0.2, 0.25) is 0 Å². The fraction of sp³-hybridized carbons (Fsp3) is 0.0645. The molecule has 194 valence electrons. The molecule has 0 aliphatic heterocycles. The molecule has 7 rings (SSSR count). The Morgan fingerprint density at radius 2 is 1.68 bits per heavy atom. The topological polar surface area (TPSA) is 108 Å². The van der Waals surface area contributed by atoms with Crippen molar-refractivity contribution in [3.8, 4) is 33.9 Å². The molecule has 3 N–H and O–H groups in total. The van der Waals surface area contributed by atoms with E-state index >= 15 is 4.39 Å². The van der Waals surface area contributed by atoms with E-state index in [1.54, 1.807) is 18.6 Å². The van der Waals surface area contributed by atoms with E-state index in [9.17, 15) is 0 Å². The van der Waals surface area contributed by atoms with Gasteiger partial charge in [-0.15, -0.1) is 0 Å². The summed E-state index contributed by atoms with van der Waals surface area (Å²) in [6, 6.07) is 23.3. The van der Waals surface area contributed by atoms with Gasteiger partial charge in [-0.3, -0.25) is 15.1 Å².